The van der Waals surface area contributed by atoms with E-state index in [1.165, 1.54) is 0 Å². The van der Waals surface area contributed by atoms with Crippen molar-refractivity contribution in [3.05, 3.63) is 29.8 Å². The van der Waals surface area contributed by atoms with Gasteiger partial charge in [-0.25, -0.2) is 4.79 Å². The second-order valence-corrected chi connectivity index (χ2v) is 6.75. The van der Waals surface area contributed by atoms with E-state index in [2.05, 4.69) is 16.0 Å². The second-order valence-electron chi connectivity index (χ2n) is 6.75. The highest BCUT2D eigenvalue weighted by molar-refractivity contribution is 6.11. The van der Waals surface area contributed by atoms with Crippen LogP contribution in [0, 0.1) is 0 Å². The van der Waals surface area contributed by atoms with E-state index in [9.17, 15) is 19.2 Å². The number of para-hydroxylation sites is 1. The first kappa shape index (κ1) is 18.8. The van der Waals surface area contributed by atoms with E-state index in [1.807, 2.05) is 0 Å². The Labute approximate surface area is 156 Å². The van der Waals surface area contributed by atoms with Gasteiger partial charge < -0.3 is 21.7 Å². The van der Waals surface area contributed by atoms with Crippen LogP contribution in [0.1, 0.15) is 36.0 Å². The number of carbonyl (C=O) groups excluding carboxylic acids is 4. The van der Waals surface area contributed by atoms with Crippen LogP contribution in [0.4, 0.5) is 10.5 Å². The van der Waals surface area contributed by atoms with Crippen molar-refractivity contribution in [2.24, 2.45) is 5.73 Å². The Morgan fingerprint density at radius 3 is 2.59 bits per heavy atom. The zero-order chi connectivity index (χ0) is 19.4. The summed E-state index contributed by atoms with van der Waals surface area (Å²) >= 11 is 0. The van der Waals surface area contributed by atoms with Gasteiger partial charge in [-0.05, 0) is 25.0 Å². The van der Waals surface area contributed by atoms with Crippen molar-refractivity contribution in [3.63, 3.8) is 0 Å². The van der Waals surface area contributed by atoms with Crippen molar-refractivity contribution in [1.29, 1.82) is 0 Å². The predicted octanol–water partition coefficient (Wildman–Crippen LogP) is 0.178. The number of benzene rings is 1. The summed E-state index contributed by atoms with van der Waals surface area (Å²) in [6.07, 6.45) is 2.94. The van der Waals surface area contributed by atoms with Crippen LogP contribution in [-0.2, 0) is 9.59 Å². The Bertz CT molecular complexity index is 773. The van der Waals surface area contributed by atoms with Crippen LogP contribution in [0.5, 0.6) is 0 Å². The number of imide groups is 1. The summed E-state index contributed by atoms with van der Waals surface area (Å²) < 4.78 is 0. The van der Waals surface area contributed by atoms with Gasteiger partial charge in [0.1, 0.15) is 12.1 Å². The van der Waals surface area contributed by atoms with E-state index >= 15 is 0 Å². The summed E-state index contributed by atoms with van der Waals surface area (Å²) in [5.74, 6) is -1.27. The maximum Gasteiger partial charge on any atom is 0.325 e. The van der Waals surface area contributed by atoms with Gasteiger partial charge in [0.15, 0.2) is 0 Å². The molecule has 0 unspecified atom stereocenters. The number of anilines is 1. The van der Waals surface area contributed by atoms with Crippen molar-refractivity contribution in [2.75, 3.05) is 25.0 Å². The number of rotatable bonds is 6. The lowest BCUT2D eigenvalue weighted by molar-refractivity contribution is -0.133. The molecule has 1 aromatic rings. The second kappa shape index (κ2) is 7.75. The molecule has 2 fully saturated rings. The molecule has 0 atom stereocenters. The molecular formula is C18H23N5O4. The molecule has 1 heterocycles. The van der Waals surface area contributed by atoms with E-state index in [0.717, 1.165) is 17.7 Å². The smallest absolute Gasteiger partial charge is 0.325 e. The Balaban J connectivity index is 1.67. The standard InChI is InChI=1S/C18H23N5O4/c19-9-10-20-15(25)12-5-1-2-6-13(12)21-14(24)11-23-16(26)18(22-17(23)27)7-3-4-8-18/h1-2,5-6H,3-4,7-11,19H2,(H,20,25)(H,21,24)(H,22,27). The molecule has 1 aliphatic carbocycles. The number of hydrogen-bond donors (Lipinski definition) is 4. The molecule has 0 radical (unpaired) electrons. The number of nitrogens with two attached hydrogens (primary N) is 1. The quantitative estimate of drug-likeness (QED) is 0.528. The molecule has 1 saturated carbocycles. The highest BCUT2D eigenvalue weighted by Crippen LogP contribution is 2.34. The molecule has 9 nitrogen and oxygen atoms in total. The Kier molecular flexibility index (Phi) is 5.41. The first-order valence-corrected chi connectivity index (χ1v) is 8.98. The Hall–Kier alpha value is -2.94. The van der Waals surface area contributed by atoms with E-state index in [1.54, 1.807) is 24.3 Å². The summed E-state index contributed by atoms with van der Waals surface area (Å²) in [5.41, 5.74) is 5.12. The zero-order valence-electron chi connectivity index (χ0n) is 14.9. The summed E-state index contributed by atoms with van der Waals surface area (Å²) in [4.78, 5) is 50.3. The first-order chi connectivity index (χ1) is 13.0. The monoisotopic (exact) mass is 373 g/mol. The average Bonchev–Trinajstić information content (AvgIpc) is 3.21. The van der Waals surface area contributed by atoms with E-state index < -0.39 is 24.0 Å². The Morgan fingerprint density at radius 2 is 1.89 bits per heavy atom. The summed E-state index contributed by atoms with van der Waals surface area (Å²) in [5, 5.41) is 7.98. The predicted molar refractivity (Wildman–Crippen MR) is 97.9 cm³/mol. The molecule has 5 amide bonds. The van der Waals surface area contributed by atoms with Gasteiger partial charge in [-0.2, -0.15) is 0 Å². The fraction of sp³-hybridized carbons (Fsp3) is 0.444. The van der Waals surface area contributed by atoms with E-state index in [-0.39, 0.29) is 17.4 Å². The maximum absolute atomic E-state index is 12.6. The third kappa shape index (κ3) is 3.77. The topological polar surface area (TPSA) is 134 Å². The largest absolute Gasteiger partial charge is 0.351 e. The lowest BCUT2D eigenvalue weighted by atomic mass is 9.98. The van der Waals surface area contributed by atoms with Gasteiger partial charge in [0, 0.05) is 13.1 Å². The molecular weight excluding hydrogens is 350 g/mol. The highest BCUT2D eigenvalue weighted by Gasteiger charge is 2.52. The first-order valence-electron chi connectivity index (χ1n) is 8.98. The van der Waals surface area contributed by atoms with E-state index in [4.69, 9.17) is 5.73 Å². The van der Waals surface area contributed by atoms with Crippen molar-refractivity contribution in [3.8, 4) is 0 Å². The number of hydrogen-bond acceptors (Lipinski definition) is 5. The summed E-state index contributed by atoms with van der Waals surface area (Å²) in [6.45, 7) is 0.213. The van der Waals surface area contributed by atoms with Crippen LogP contribution in [0.15, 0.2) is 24.3 Å². The van der Waals surface area contributed by atoms with E-state index in [0.29, 0.717) is 31.6 Å². The third-order valence-electron chi connectivity index (χ3n) is 4.88. The van der Waals surface area contributed by atoms with Crippen LogP contribution < -0.4 is 21.7 Å². The normalized spacial score (nSPS) is 17.9. The Morgan fingerprint density at radius 1 is 1.19 bits per heavy atom. The SMILES string of the molecule is NCCNC(=O)c1ccccc1NC(=O)CN1C(=O)NC2(CCCC2)C1=O. The summed E-state index contributed by atoms with van der Waals surface area (Å²) in [6, 6.07) is 5.96. The van der Waals surface area contributed by atoms with Crippen molar-refractivity contribution >= 4 is 29.4 Å². The lowest BCUT2D eigenvalue weighted by Gasteiger charge is -2.20. The van der Waals surface area contributed by atoms with Crippen molar-refractivity contribution < 1.29 is 19.2 Å². The zero-order valence-corrected chi connectivity index (χ0v) is 14.9. The van der Waals surface area contributed by atoms with Gasteiger partial charge in [0.05, 0.1) is 11.3 Å². The fourth-order valence-corrected chi connectivity index (χ4v) is 3.54. The third-order valence-corrected chi connectivity index (χ3v) is 4.88. The molecule has 9 heteroatoms. The summed E-state index contributed by atoms with van der Waals surface area (Å²) in [7, 11) is 0. The molecule has 1 aliphatic heterocycles. The number of carbonyl (C=O) groups is 4. The van der Waals surface area contributed by atoms with Crippen molar-refractivity contribution in [2.45, 2.75) is 31.2 Å². The number of nitrogens with one attached hydrogen (secondary N) is 3. The lowest BCUT2D eigenvalue weighted by Crippen LogP contribution is -2.44. The molecule has 0 bridgehead atoms. The molecule has 1 spiro atoms. The fourth-order valence-electron chi connectivity index (χ4n) is 3.54. The van der Waals surface area contributed by atoms with Crippen LogP contribution >= 0.6 is 0 Å². The molecule has 1 aromatic carbocycles. The molecule has 144 valence electrons. The van der Waals surface area contributed by atoms with Gasteiger partial charge in [-0.15, -0.1) is 0 Å². The molecule has 5 N–H and O–H groups in total. The molecule has 2 aliphatic rings. The van der Waals surface area contributed by atoms with Crippen LogP contribution in [0.2, 0.25) is 0 Å². The van der Waals surface area contributed by atoms with Crippen LogP contribution in [-0.4, -0.2) is 53.8 Å². The maximum atomic E-state index is 12.6. The molecule has 27 heavy (non-hydrogen) atoms. The minimum absolute atomic E-state index is 0.281. The van der Waals surface area contributed by atoms with Gasteiger partial charge in [0.2, 0.25) is 5.91 Å². The average molecular weight is 373 g/mol. The van der Waals surface area contributed by atoms with Crippen LogP contribution in [0.25, 0.3) is 0 Å². The van der Waals surface area contributed by atoms with Gasteiger partial charge >= 0.3 is 6.03 Å². The van der Waals surface area contributed by atoms with Crippen LogP contribution in [0.3, 0.4) is 0 Å². The number of nitrogens with zero attached hydrogens (tertiary/aromatic N) is 1. The molecule has 3 rings (SSSR count). The van der Waals surface area contributed by atoms with Gasteiger partial charge in [-0.3, -0.25) is 19.3 Å². The number of amides is 5. The molecule has 1 saturated heterocycles. The minimum Gasteiger partial charge on any atom is -0.351 e. The highest BCUT2D eigenvalue weighted by atomic mass is 16.2. The number of urea groups is 1. The van der Waals surface area contributed by atoms with Gasteiger partial charge in [0.25, 0.3) is 11.8 Å². The van der Waals surface area contributed by atoms with Gasteiger partial charge in [-0.1, -0.05) is 25.0 Å². The molecule has 0 aromatic heterocycles. The minimum atomic E-state index is -0.850. The van der Waals surface area contributed by atoms with Crippen molar-refractivity contribution in [1.82, 2.24) is 15.5 Å².